The number of hydrogen-bond acceptors (Lipinski definition) is 3. The number of anilines is 1. The number of aliphatic carboxylic acids is 1. The van der Waals surface area contributed by atoms with Crippen LogP contribution in [0.5, 0.6) is 0 Å². The molecule has 0 radical (unpaired) electrons. The van der Waals surface area contributed by atoms with E-state index in [4.69, 9.17) is 10.8 Å². The van der Waals surface area contributed by atoms with E-state index in [1.165, 1.54) is 0 Å². The molecule has 2 aromatic rings. The van der Waals surface area contributed by atoms with Crippen LogP contribution in [0.25, 0.3) is 0 Å². The molecule has 21 heavy (non-hydrogen) atoms. The molecule has 0 aliphatic heterocycles. The Bertz CT molecular complexity index is 630. The zero-order valence-electron chi connectivity index (χ0n) is 12.5. The maximum Gasteiger partial charge on any atom is 0.307 e. The number of aryl methyl sites for hydroxylation is 1. The van der Waals surface area contributed by atoms with E-state index in [0.29, 0.717) is 6.54 Å². The van der Waals surface area contributed by atoms with Gasteiger partial charge in [-0.2, -0.15) is 5.10 Å². The molecule has 0 aliphatic carbocycles. The van der Waals surface area contributed by atoms with E-state index in [1.807, 2.05) is 42.8 Å². The predicted molar refractivity (Wildman–Crippen MR) is 82.3 cm³/mol. The monoisotopic (exact) mass is 287 g/mol. The van der Waals surface area contributed by atoms with E-state index in [1.54, 1.807) is 0 Å². The zero-order valence-corrected chi connectivity index (χ0v) is 12.5. The number of rotatable bonds is 6. The molecule has 1 aromatic heterocycles. The van der Waals surface area contributed by atoms with Gasteiger partial charge in [0.2, 0.25) is 0 Å². The smallest absolute Gasteiger partial charge is 0.307 e. The third-order valence-corrected chi connectivity index (χ3v) is 3.56. The quantitative estimate of drug-likeness (QED) is 0.799. The first-order chi connectivity index (χ1) is 10.0. The van der Waals surface area contributed by atoms with Crippen LogP contribution in [0.15, 0.2) is 24.3 Å². The van der Waals surface area contributed by atoms with E-state index in [0.717, 1.165) is 41.0 Å². The Kier molecular flexibility index (Phi) is 4.62. The molecule has 0 unspecified atom stereocenters. The van der Waals surface area contributed by atoms with Crippen molar-refractivity contribution in [1.82, 2.24) is 9.78 Å². The first kappa shape index (κ1) is 15.1. The van der Waals surface area contributed by atoms with Gasteiger partial charge in [-0.05, 0) is 30.5 Å². The molecule has 0 spiro atoms. The Balaban J connectivity index is 2.36. The second-order valence-electron chi connectivity index (χ2n) is 5.05. The van der Waals surface area contributed by atoms with Crippen molar-refractivity contribution in [3.63, 3.8) is 0 Å². The molecule has 0 amide bonds. The van der Waals surface area contributed by atoms with Gasteiger partial charge in [-0.15, -0.1) is 0 Å². The van der Waals surface area contributed by atoms with Crippen LogP contribution >= 0.6 is 0 Å². The second kappa shape index (κ2) is 6.43. The summed E-state index contributed by atoms with van der Waals surface area (Å²) in [7, 11) is 0. The van der Waals surface area contributed by atoms with Crippen LogP contribution in [0, 0.1) is 0 Å². The summed E-state index contributed by atoms with van der Waals surface area (Å²) in [6.45, 7) is 4.66. The molecule has 5 heteroatoms. The maximum atomic E-state index is 11.1. The molecular weight excluding hydrogens is 266 g/mol. The van der Waals surface area contributed by atoms with Crippen LogP contribution in [0.4, 0.5) is 5.69 Å². The Morgan fingerprint density at radius 2 is 1.90 bits per heavy atom. The van der Waals surface area contributed by atoms with E-state index >= 15 is 0 Å². The van der Waals surface area contributed by atoms with Crippen LogP contribution in [0.3, 0.4) is 0 Å². The molecule has 0 bridgehead atoms. The molecule has 0 fully saturated rings. The standard InChI is InChI=1S/C16H21N3O2/c1-3-14-13(9-16(20)21)15(4-2)19(18-14)10-11-5-7-12(17)8-6-11/h5-8H,3-4,9-10,17H2,1-2H3,(H,20,21). The summed E-state index contributed by atoms with van der Waals surface area (Å²) in [5.41, 5.74) is 10.3. The molecule has 5 nitrogen and oxygen atoms in total. The van der Waals surface area contributed by atoms with E-state index in [-0.39, 0.29) is 6.42 Å². The number of aromatic nitrogens is 2. The average Bonchev–Trinajstić information content (AvgIpc) is 2.77. The van der Waals surface area contributed by atoms with Gasteiger partial charge in [-0.3, -0.25) is 9.48 Å². The van der Waals surface area contributed by atoms with Crippen molar-refractivity contribution in [2.24, 2.45) is 0 Å². The minimum Gasteiger partial charge on any atom is -0.481 e. The largest absolute Gasteiger partial charge is 0.481 e. The average molecular weight is 287 g/mol. The van der Waals surface area contributed by atoms with Gasteiger partial charge in [0.1, 0.15) is 0 Å². The Labute approximate surface area is 124 Å². The van der Waals surface area contributed by atoms with Crippen molar-refractivity contribution in [1.29, 1.82) is 0 Å². The minimum absolute atomic E-state index is 0.0358. The summed E-state index contributed by atoms with van der Waals surface area (Å²) in [6.07, 6.45) is 1.54. The van der Waals surface area contributed by atoms with Crippen LogP contribution in [0.2, 0.25) is 0 Å². The van der Waals surface area contributed by atoms with Gasteiger partial charge in [0.15, 0.2) is 0 Å². The summed E-state index contributed by atoms with van der Waals surface area (Å²) in [6, 6.07) is 7.67. The van der Waals surface area contributed by atoms with Crippen LogP contribution in [0.1, 0.15) is 36.4 Å². The lowest BCUT2D eigenvalue weighted by molar-refractivity contribution is -0.136. The Morgan fingerprint density at radius 1 is 1.24 bits per heavy atom. The number of benzene rings is 1. The molecular formula is C16H21N3O2. The number of carboxylic acid groups (broad SMARTS) is 1. The lowest BCUT2D eigenvalue weighted by Gasteiger charge is -2.08. The number of carboxylic acids is 1. The van der Waals surface area contributed by atoms with Gasteiger partial charge in [0, 0.05) is 16.9 Å². The normalized spacial score (nSPS) is 10.8. The number of nitrogens with zero attached hydrogens (tertiary/aromatic N) is 2. The molecule has 0 saturated heterocycles. The summed E-state index contributed by atoms with van der Waals surface area (Å²) >= 11 is 0. The number of nitrogen functional groups attached to an aromatic ring is 1. The third-order valence-electron chi connectivity index (χ3n) is 3.56. The molecule has 0 aliphatic rings. The van der Waals surface area contributed by atoms with Crippen molar-refractivity contribution in [3.8, 4) is 0 Å². The Morgan fingerprint density at radius 3 is 2.43 bits per heavy atom. The van der Waals surface area contributed by atoms with Gasteiger partial charge in [-0.1, -0.05) is 26.0 Å². The third kappa shape index (κ3) is 3.42. The van der Waals surface area contributed by atoms with Gasteiger partial charge < -0.3 is 10.8 Å². The Hall–Kier alpha value is -2.30. The van der Waals surface area contributed by atoms with Gasteiger partial charge in [-0.25, -0.2) is 0 Å². The summed E-state index contributed by atoms with van der Waals surface area (Å²) in [5.74, 6) is -0.813. The molecule has 1 heterocycles. The van der Waals surface area contributed by atoms with Crippen LogP contribution in [-0.4, -0.2) is 20.9 Å². The molecule has 112 valence electrons. The van der Waals surface area contributed by atoms with Gasteiger partial charge in [0.05, 0.1) is 18.7 Å². The summed E-state index contributed by atoms with van der Waals surface area (Å²) < 4.78 is 1.92. The van der Waals surface area contributed by atoms with Crippen LogP contribution in [-0.2, 0) is 30.6 Å². The maximum absolute atomic E-state index is 11.1. The summed E-state index contributed by atoms with van der Waals surface area (Å²) in [4.78, 5) is 11.1. The van der Waals surface area contributed by atoms with E-state index < -0.39 is 5.97 Å². The van der Waals surface area contributed by atoms with Crippen molar-refractivity contribution in [2.75, 3.05) is 5.73 Å². The lowest BCUT2D eigenvalue weighted by atomic mass is 10.1. The molecule has 0 atom stereocenters. The molecule has 2 rings (SSSR count). The van der Waals surface area contributed by atoms with E-state index in [2.05, 4.69) is 5.10 Å². The highest BCUT2D eigenvalue weighted by Gasteiger charge is 2.17. The first-order valence-corrected chi connectivity index (χ1v) is 7.18. The number of nitrogens with two attached hydrogens (primary N) is 1. The van der Waals surface area contributed by atoms with Crippen molar-refractivity contribution in [3.05, 3.63) is 46.8 Å². The minimum atomic E-state index is -0.813. The fraction of sp³-hybridized carbons (Fsp3) is 0.375. The van der Waals surface area contributed by atoms with E-state index in [9.17, 15) is 4.79 Å². The lowest BCUT2D eigenvalue weighted by Crippen LogP contribution is -2.08. The first-order valence-electron chi connectivity index (χ1n) is 7.18. The van der Waals surface area contributed by atoms with Crippen molar-refractivity contribution >= 4 is 11.7 Å². The van der Waals surface area contributed by atoms with Crippen molar-refractivity contribution in [2.45, 2.75) is 39.7 Å². The molecule has 0 saturated carbocycles. The highest BCUT2D eigenvalue weighted by Crippen LogP contribution is 2.19. The number of carbonyl (C=O) groups is 1. The molecule has 1 aromatic carbocycles. The summed E-state index contributed by atoms with van der Waals surface area (Å²) in [5, 5.41) is 13.7. The molecule has 3 N–H and O–H groups in total. The fourth-order valence-electron chi connectivity index (χ4n) is 2.55. The predicted octanol–water partition coefficient (Wildman–Crippen LogP) is 2.27. The van der Waals surface area contributed by atoms with Gasteiger partial charge >= 0.3 is 5.97 Å². The zero-order chi connectivity index (χ0) is 15.4. The highest BCUT2D eigenvalue weighted by atomic mass is 16.4. The number of hydrogen-bond donors (Lipinski definition) is 2. The highest BCUT2D eigenvalue weighted by molar-refractivity contribution is 5.71. The van der Waals surface area contributed by atoms with Gasteiger partial charge in [0.25, 0.3) is 0 Å². The SMILES string of the molecule is CCc1nn(Cc2ccc(N)cc2)c(CC)c1CC(=O)O. The fourth-order valence-corrected chi connectivity index (χ4v) is 2.55. The second-order valence-corrected chi connectivity index (χ2v) is 5.05. The topological polar surface area (TPSA) is 81.1 Å². The van der Waals surface area contributed by atoms with Crippen LogP contribution < -0.4 is 5.73 Å². The van der Waals surface area contributed by atoms with Crippen molar-refractivity contribution < 1.29 is 9.90 Å².